The van der Waals surface area contributed by atoms with Crippen molar-refractivity contribution < 1.29 is 14.4 Å². The molecule has 0 saturated carbocycles. The molecule has 6 heteroatoms. The van der Waals surface area contributed by atoms with Crippen molar-refractivity contribution in [2.75, 3.05) is 0 Å². The highest BCUT2D eigenvalue weighted by atomic mass is 35.5. The lowest BCUT2D eigenvalue weighted by molar-refractivity contribution is 0.0802. The zero-order chi connectivity index (χ0) is 17.0. The van der Waals surface area contributed by atoms with Crippen LogP contribution in [0.5, 0.6) is 0 Å². The summed E-state index contributed by atoms with van der Waals surface area (Å²) in [6, 6.07) is 0. The Balaban J connectivity index is 2.22. The summed E-state index contributed by atoms with van der Waals surface area (Å²) in [5.41, 5.74) is 4.30. The van der Waals surface area contributed by atoms with E-state index >= 15 is 0 Å². The Morgan fingerprint density at radius 1 is 1.39 bits per heavy atom. The van der Waals surface area contributed by atoms with E-state index in [1.165, 1.54) is 5.57 Å². The SMILES string of the molecule is C=C(C)OC(=O)ON=C1CCCC2=C1CC(=C(Cl)Cl)C2CCC. The van der Waals surface area contributed by atoms with Gasteiger partial charge in [-0.05, 0) is 50.2 Å². The summed E-state index contributed by atoms with van der Waals surface area (Å²) in [7, 11) is 0. The minimum absolute atomic E-state index is 0.266. The van der Waals surface area contributed by atoms with Crippen LogP contribution in [0, 0.1) is 5.92 Å². The number of hydrogen-bond donors (Lipinski definition) is 0. The Hall–Kier alpha value is -1.26. The molecule has 0 bridgehead atoms. The van der Waals surface area contributed by atoms with Crippen LogP contribution in [-0.4, -0.2) is 11.9 Å². The van der Waals surface area contributed by atoms with E-state index in [-0.39, 0.29) is 11.7 Å². The van der Waals surface area contributed by atoms with Crippen LogP contribution in [0.1, 0.15) is 52.4 Å². The van der Waals surface area contributed by atoms with Crippen molar-refractivity contribution >= 4 is 35.1 Å². The topological polar surface area (TPSA) is 47.9 Å². The molecule has 23 heavy (non-hydrogen) atoms. The van der Waals surface area contributed by atoms with E-state index in [1.807, 2.05) is 0 Å². The monoisotopic (exact) mass is 357 g/mol. The maximum Gasteiger partial charge on any atom is 0.540 e. The first kappa shape index (κ1) is 18.1. The van der Waals surface area contributed by atoms with Gasteiger partial charge in [-0.15, -0.1) is 0 Å². The molecule has 1 atom stereocenters. The van der Waals surface area contributed by atoms with Crippen LogP contribution in [0.3, 0.4) is 0 Å². The van der Waals surface area contributed by atoms with Gasteiger partial charge < -0.3 is 4.74 Å². The number of ether oxygens (including phenoxy) is 1. The van der Waals surface area contributed by atoms with Gasteiger partial charge in [0.25, 0.3) is 0 Å². The molecule has 4 nitrogen and oxygen atoms in total. The van der Waals surface area contributed by atoms with Gasteiger partial charge in [-0.1, -0.05) is 53.9 Å². The molecule has 0 heterocycles. The number of rotatable bonds is 4. The third-order valence-corrected chi connectivity index (χ3v) is 4.60. The highest BCUT2D eigenvalue weighted by molar-refractivity contribution is 6.56. The molecule has 2 rings (SSSR count). The van der Waals surface area contributed by atoms with E-state index in [4.69, 9.17) is 32.8 Å². The van der Waals surface area contributed by atoms with Crippen molar-refractivity contribution in [3.8, 4) is 0 Å². The van der Waals surface area contributed by atoms with Gasteiger partial charge >= 0.3 is 6.16 Å². The Labute approximate surface area is 146 Å². The lowest BCUT2D eigenvalue weighted by Gasteiger charge is -2.20. The largest absolute Gasteiger partial charge is 0.540 e. The van der Waals surface area contributed by atoms with Crippen molar-refractivity contribution in [3.05, 3.63) is 33.5 Å². The number of oxime groups is 1. The zero-order valence-electron chi connectivity index (χ0n) is 13.5. The summed E-state index contributed by atoms with van der Waals surface area (Å²) < 4.78 is 5.09. The summed E-state index contributed by atoms with van der Waals surface area (Å²) in [4.78, 5) is 16.3. The predicted octanol–water partition coefficient (Wildman–Crippen LogP) is 6.02. The summed E-state index contributed by atoms with van der Waals surface area (Å²) in [5, 5.41) is 4.00. The Bertz CT molecular complexity index is 601. The van der Waals surface area contributed by atoms with Gasteiger partial charge in [0.1, 0.15) is 10.3 Å². The van der Waals surface area contributed by atoms with Crippen LogP contribution >= 0.6 is 23.2 Å². The van der Waals surface area contributed by atoms with E-state index < -0.39 is 6.16 Å². The number of hydrogen-bond acceptors (Lipinski definition) is 4. The van der Waals surface area contributed by atoms with E-state index in [0.29, 0.717) is 10.9 Å². The summed E-state index contributed by atoms with van der Waals surface area (Å²) >= 11 is 12.2. The normalized spacial score (nSPS) is 22.2. The summed E-state index contributed by atoms with van der Waals surface area (Å²) in [6.45, 7) is 7.20. The predicted molar refractivity (Wildman–Crippen MR) is 92.4 cm³/mol. The van der Waals surface area contributed by atoms with E-state index in [1.54, 1.807) is 6.92 Å². The van der Waals surface area contributed by atoms with Crippen molar-refractivity contribution in [3.63, 3.8) is 0 Å². The zero-order valence-corrected chi connectivity index (χ0v) is 15.0. The van der Waals surface area contributed by atoms with Gasteiger partial charge in [-0.2, -0.15) is 0 Å². The number of halogens is 2. The first-order valence-electron chi connectivity index (χ1n) is 7.81. The molecule has 126 valence electrons. The molecule has 0 aliphatic heterocycles. The first-order chi connectivity index (χ1) is 10.9. The quantitative estimate of drug-likeness (QED) is 0.267. The Morgan fingerprint density at radius 3 is 2.74 bits per heavy atom. The fraction of sp³-hybridized carbons (Fsp3) is 0.529. The van der Waals surface area contributed by atoms with Gasteiger partial charge in [0.2, 0.25) is 0 Å². The van der Waals surface area contributed by atoms with Gasteiger partial charge in [0, 0.05) is 5.92 Å². The molecule has 2 aliphatic carbocycles. The van der Waals surface area contributed by atoms with Crippen LogP contribution < -0.4 is 0 Å². The maximum atomic E-state index is 11.4. The van der Waals surface area contributed by atoms with Gasteiger partial charge in [0.05, 0.1) is 5.71 Å². The van der Waals surface area contributed by atoms with E-state index in [9.17, 15) is 4.79 Å². The van der Waals surface area contributed by atoms with Crippen molar-refractivity contribution in [2.45, 2.75) is 52.4 Å². The number of carbonyl (C=O) groups is 1. The van der Waals surface area contributed by atoms with E-state index in [2.05, 4.69) is 18.7 Å². The third kappa shape index (κ3) is 4.39. The second-order valence-electron chi connectivity index (χ2n) is 5.84. The molecule has 0 aromatic heterocycles. The number of nitrogens with zero attached hydrogens (tertiary/aromatic N) is 1. The summed E-state index contributed by atoms with van der Waals surface area (Å²) in [6.07, 6.45) is 4.64. The molecule has 2 aliphatic rings. The average molecular weight is 358 g/mol. The van der Waals surface area contributed by atoms with Gasteiger partial charge in [0.15, 0.2) is 0 Å². The minimum atomic E-state index is -0.869. The van der Waals surface area contributed by atoms with Crippen LogP contribution in [0.2, 0.25) is 0 Å². The maximum absolute atomic E-state index is 11.4. The van der Waals surface area contributed by atoms with Crippen LogP contribution in [0.4, 0.5) is 4.79 Å². The number of carbonyl (C=O) groups excluding carboxylic acids is 1. The molecule has 0 N–H and O–H groups in total. The van der Waals surface area contributed by atoms with Gasteiger partial charge in [-0.25, -0.2) is 4.79 Å². The molecular formula is C17H21Cl2NO3. The minimum Gasteiger partial charge on any atom is -0.399 e. The molecule has 0 saturated heterocycles. The molecular weight excluding hydrogens is 337 g/mol. The van der Waals surface area contributed by atoms with E-state index in [0.717, 1.165) is 49.0 Å². The van der Waals surface area contributed by atoms with Crippen LogP contribution in [0.15, 0.2) is 38.7 Å². The highest BCUT2D eigenvalue weighted by Crippen LogP contribution is 2.47. The summed E-state index contributed by atoms with van der Waals surface area (Å²) in [5.74, 6) is 0.551. The second-order valence-corrected chi connectivity index (χ2v) is 6.79. The molecule has 0 aromatic rings. The highest BCUT2D eigenvalue weighted by Gasteiger charge is 2.35. The Kier molecular flexibility index (Phi) is 6.31. The smallest absolute Gasteiger partial charge is 0.399 e. The lowest BCUT2D eigenvalue weighted by Crippen LogP contribution is -2.13. The molecule has 0 amide bonds. The third-order valence-electron chi connectivity index (χ3n) is 4.11. The lowest BCUT2D eigenvalue weighted by atomic mass is 9.86. The first-order valence-corrected chi connectivity index (χ1v) is 8.57. The van der Waals surface area contributed by atoms with Crippen LogP contribution in [0.25, 0.3) is 0 Å². The fourth-order valence-corrected chi connectivity index (χ4v) is 3.64. The fourth-order valence-electron chi connectivity index (χ4n) is 3.25. The standard InChI is InChI=1S/C17H21Cl2NO3/c1-4-6-11-12-7-5-8-15(13(12)9-14(11)16(18)19)20-23-17(21)22-10(2)3/h11H,2,4-9H2,1,3H3. The molecule has 1 unspecified atom stereocenters. The molecule has 0 aromatic carbocycles. The van der Waals surface area contributed by atoms with Crippen molar-refractivity contribution in [1.82, 2.24) is 0 Å². The Morgan fingerprint density at radius 2 is 2.13 bits per heavy atom. The van der Waals surface area contributed by atoms with Crippen LogP contribution in [-0.2, 0) is 9.57 Å². The number of allylic oxidation sites excluding steroid dienone is 4. The average Bonchev–Trinajstić information content (AvgIpc) is 2.84. The molecule has 0 fully saturated rings. The van der Waals surface area contributed by atoms with Crippen molar-refractivity contribution in [1.29, 1.82) is 0 Å². The molecule has 0 spiro atoms. The molecule has 0 radical (unpaired) electrons. The van der Waals surface area contributed by atoms with Crippen molar-refractivity contribution in [2.24, 2.45) is 11.1 Å². The second kappa shape index (κ2) is 8.02. The van der Waals surface area contributed by atoms with Gasteiger partial charge in [-0.3, -0.25) is 4.84 Å².